The zero-order chi connectivity index (χ0) is 12.0. The van der Waals surface area contributed by atoms with Gasteiger partial charge in [-0.1, -0.05) is 18.2 Å². The van der Waals surface area contributed by atoms with E-state index in [2.05, 4.69) is 4.57 Å². The lowest BCUT2D eigenvalue weighted by Crippen LogP contribution is -2.35. The fourth-order valence-corrected chi connectivity index (χ4v) is 2.56. The van der Waals surface area contributed by atoms with E-state index in [0.29, 0.717) is 11.5 Å². The summed E-state index contributed by atoms with van der Waals surface area (Å²) in [6.45, 7) is 0.790. The van der Waals surface area contributed by atoms with Crippen LogP contribution in [0, 0.1) is 0 Å². The Balaban J connectivity index is 2.11. The van der Waals surface area contributed by atoms with Crippen LogP contribution < -0.4 is 5.73 Å². The Morgan fingerprint density at radius 3 is 3.00 bits per heavy atom. The molecule has 0 saturated heterocycles. The fraction of sp³-hybridized carbons (Fsp3) is 0.250. The normalized spacial score (nSPS) is 18.3. The molecule has 2 amide bonds. The van der Waals surface area contributed by atoms with Gasteiger partial charge in [0, 0.05) is 17.8 Å². The molecule has 3 rings (SSSR count). The van der Waals surface area contributed by atoms with E-state index in [1.54, 1.807) is 0 Å². The van der Waals surface area contributed by atoms with Gasteiger partial charge in [-0.3, -0.25) is 5.21 Å². The molecule has 0 fully saturated rings. The topological polar surface area (TPSA) is 71.5 Å². The Morgan fingerprint density at radius 1 is 1.47 bits per heavy atom. The summed E-state index contributed by atoms with van der Waals surface area (Å²) in [6.07, 6.45) is 0.694. The Labute approximate surface area is 98.0 Å². The van der Waals surface area contributed by atoms with Crippen LogP contribution in [0.4, 0.5) is 4.79 Å². The number of carbonyl (C=O) groups is 1. The summed E-state index contributed by atoms with van der Waals surface area (Å²) in [6, 6.07) is 8.86. The first kappa shape index (κ1) is 10.2. The van der Waals surface area contributed by atoms with Gasteiger partial charge in [0.05, 0.1) is 0 Å². The highest BCUT2D eigenvalue weighted by Gasteiger charge is 2.30. The van der Waals surface area contributed by atoms with E-state index in [-0.39, 0.29) is 6.04 Å². The number of aromatic nitrogens is 1. The monoisotopic (exact) mass is 231 g/mol. The number of hydroxylamine groups is 2. The van der Waals surface area contributed by atoms with Crippen LogP contribution in [-0.4, -0.2) is 20.9 Å². The van der Waals surface area contributed by atoms with Crippen molar-refractivity contribution >= 4 is 16.9 Å². The molecule has 5 heteroatoms. The number of aryl methyl sites for hydroxylation is 1. The van der Waals surface area contributed by atoms with Crippen molar-refractivity contribution in [3.63, 3.8) is 0 Å². The minimum atomic E-state index is -0.811. The number of hydrogen-bond donors (Lipinski definition) is 2. The van der Waals surface area contributed by atoms with E-state index in [9.17, 15) is 10.0 Å². The van der Waals surface area contributed by atoms with E-state index in [1.165, 1.54) is 0 Å². The maximum atomic E-state index is 11.0. The van der Waals surface area contributed by atoms with Crippen LogP contribution in [0.3, 0.4) is 0 Å². The number of amides is 2. The molecule has 2 heterocycles. The summed E-state index contributed by atoms with van der Waals surface area (Å²) in [5, 5.41) is 11.4. The third kappa shape index (κ3) is 1.39. The molecule has 1 aromatic heterocycles. The SMILES string of the molecule is NC(=O)N(O)C1CCn2c1cc1ccccc12. The average Bonchev–Trinajstić information content (AvgIpc) is 2.86. The second kappa shape index (κ2) is 3.49. The molecule has 88 valence electrons. The first-order valence-corrected chi connectivity index (χ1v) is 5.54. The lowest BCUT2D eigenvalue weighted by Gasteiger charge is -2.18. The molecule has 1 atom stereocenters. The van der Waals surface area contributed by atoms with Crippen LogP contribution >= 0.6 is 0 Å². The maximum absolute atomic E-state index is 11.0. The molecule has 1 aliphatic rings. The molecule has 0 aliphatic carbocycles. The molecule has 1 unspecified atom stereocenters. The largest absolute Gasteiger partial charge is 0.350 e. The van der Waals surface area contributed by atoms with Gasteiger partial charge in [0.15, 0.2) is 0 Å². The molecular weight excluding hydrogens is 218 g/mol. The van der Waals surface area contributed by atoms with Gasteiger partial charge in [-0.05, 0) is 23.9 Å². The molecule has 0 spiro atoms. The van der Waals surface area contributed by atoms with Crippen LogP contribution in [0.1, 0.15) is 18.2 Å². The molecular formula is C12H13N3O2. The number of carbonyl (C=O) groups excluding carboxylic acids is 1. The van der Waals surface area contributed by atoms with Gasteiger partial charge in [-0.15, -0.1) is 0 Å². The Hall–Kier alpha value is -2.01. The second-order valence-electron chi connectivity index (χ2n) is 4.27. The number of para-hydroxylation sites is 1. The van der Waals surface area contributed by atoms with Gasteiger partial charge in [-0.2, -0.15) is 5.06 Å². The highest BCUT2D eigenvalue weighted by atomic mass is 16.5. The summed E-state index contributed by atoms with van der Waals surface area (Å²) in [7, 11) is 0. The molecule has 0 bridgehead atoms. The van der Waals surface area contributed by atoms with Gasteiger partial charge in [0.25, 0.3) is 0 Å². The van der Waals surface area contributed by atoms with Crippen molar-refractivity contribution < 1.29 is 10.0 Å². The summed E-state index contributed by atoms with van der Waals surface area (Å²) in [5.41, 5.74) is 7.16. The minimum absolute atomic E-state index is 0.333. The Morgan fingerprint density at radius 2 is 2.24 bits per heavy atom. The Bertz CT molecular complexity index is 590. The van der Waals surface area contributed by atoms with Crippen LogP contribution in [0.2, 0.25) is 0 Å². The summed E-state index contributed by atoms with van der Waals surface area (Å²) in [4.78, 5) is 11.0. The first-order chi connectivity index (χ1) is 8.18. The number of urea groups is 1. The zero-order valence-corrected chi connectivity index (χ0v) is 9.21. The molecule has 1 aliphatic heterocycles. The lowest BCUT2D eigenvalue weighted by atomic mass is 10.1. The molecule has 17 heavy (non-hydrogen) atoms. The standard InChI is InChI=1S/C12H13N3O2/c13-12(16)15(17)10-5-6-14-9-4-2-1-3-8(9)7-11(10)14/h1-4,7,10,17H,5-6H2,(H2,13,16). The van der Waals surface area contributed by atoms with Crippen LogP contribution in [0.5, 0.6) is 0 Å². The van der Waals surface area contributed by atoms with Crippen molar-refractivity contribution in [1.29, 1.82) is 0 Å². The van der Waals surface area contributed by atoms with E-state index in [1.807, 2.05) is 30.3 Å². The molecule has 2 aromatic rings. The first-order valence-electron chi connectivity index (χ1n) is 5.54. The van der Waals surface area contributed by atoms with E-state index in [4.69, 9.17) is 5.73 Å². The molecule has 5 nitrogen and oxygen atoms in total. The fourth-order valence-electron chi connectivity index (χ4n) is 2.56. The van der Waals surface area contributed by atoms with Crippen molar-refractivity contribution in [2.45, 2.75) is 19.0 Å². The van der Waals surface area contributed by atoms with E-state index in [0.717, 1.165) is 23.1 Å². The third-order valence-corrected chi connectivity index (χ3v) is 3.33. The van der Waals surface area contributed by atoms with Gasteiger partial charge in [0.2, 0.25) is 0 Å². The van der Waals surface area contributed by atoms with Crippen LogP contribution in [0.25, 0.3) is 10.9 Å². The number of fused-ring (bicyclic) bond motifs is 3. The van der Waals surface area contributed by atoms with Crippen molar-refractivity contribution in [3.05, 3.63) is 36.0 Å². The minimum Gasteiger partial charge on any atom is -0.350 e. The molecule has 1 aromatic carbocycles. The predicted molar refractivity (Wildman–Crippen MR) is 62.5 cm³/mol. The lowest BCUT2D eigenvalue weighted by molar-refractivity contribution is -0.0758. The van der Waals surface area contributed by atoms with Gasteiger partial charge >= 0.3 is 6.03 Å². The van der Waals surface area contributed by atoms with Gasteiger partial charge in [-0.25, -0.2) is 4.79 Å². The highest BCUT2D eigenvalue weighted by molar-refractivity contribution is 5.82. The van der Waals surface area contributed by atoms with Crippen molar-refractivity contribution in [2.24, 2.45) is 5.73 Å². The second-order valence-corrected chi connectivity index (χ2v) is 4.27. The van der Waals surface area contributed by atoms with Gasteiger partial charge < -0.3 is 10.3 Å². The maximum Gasteiger partial charge on any atom is 0.339 e. The molecule has 3 N–H and O–H groups in total. The summed E-state index contributed by atoms with van der Waals surface area (Å²) < 4.78 is 2.12. The highest BCUT2D eigenvalue weighted by Crippen LogP contribution is 2.35. The number of nitrogens with two attached hydrogens (primary N) is 1. The summed E-state index contributed by atoms with van der Waals surface area (Å²) >= 11 is 0. The Kier molecular flexibility index (Phi) is 2.09. The van der Waals surface area contributed by atoms with Gasteiger partial charge in [0.1, 0.15) is 6.04 Å². The molecule has 0 saturated carbocycles. The number of primary amides is 1. The number of nitrogens with zero attached hydrogens (tertiary/aromatic N) is 2. The van der Waals surface area contributed by atoms with E-state index < -0.39 is 6.03 Å². The zero-order valence-electron chi connectivity index (χ0n) is 9.21. The van der Waals surface area contributed by atoms with Crippen molar-refractivity contribution in [3.8, 4) is 0 Å². The number of rotatable bonds is 1. The molecule has 0 radical (unpaired) electrons. The quantitative estimate of drug-likeness (QED) is 0.580. The third-order valence-electron chi connectivity index (χ3n) is 3.33. The van der Waals surface area contributed by atoms with Crippen molar-refractivity contribution in [2.75, 3.05) is 0 Å². The van der Waals surface area contributed by atoms with Crippen LogP contribution in [0.15, 0.2) is 30.3 Å². The smallest absolute Gasteiger partial charge is 0.339 e. The average molecular weight is 231 g/mol. The number of benzene rings is 1. The predicted octanol–water partition coefficient (Wildman–Crippen LogP) is 1.86. The van der Waals surface area contributed by atoms with Crippen molar-refractivity contribution in [1.82, 2.24) is 9.63 Å². The van der Waals surface area contributed by atoms with Crippen LogP contribution in [-0.2, 0) is 6.54 Å². The summed E-state index contributed by atoms with van der Waals surface area (Å²) in [5.74, 6) is 0. The van der Waals surface area contributed by atoms with E-state index >= 15 is 0 Å². The number of hydrogen-bond acceptors (Lipinski definition) is 2.